The maximum Gasteiger partial charge on any atom is 0.103 e. The number of hydrogen-bond donors (Lipinski definition) is 0. The number of hydrogen-bond acceptors (Lipinski definition) is 3. The van der Waals surface area contributed by atoms with Crippen molar-refractivity contribution in [2.45, 2.75) is 26.4 Å². The lowest BCUT2D eigenvalue weighted by atomic mass is 10.1. The minimum atomic E-state index is 0.0131. The van der Waals surface area contributed by atoms with Crippen molar-refractivity contribution in [2.24, 2.45) is 0 Å². The van der Waals surface area contributed by atoms with Gasteiger partial charge in [-0.05, 0) is 30.8 Å². The maximum absolute atomic E-state index is 6.16. The molecule has 0 N–H and O–H groups in total. The zero-order valence-corrected chi connectivity index (χ0v) is 13.6. The molecule has 1 aromatic heterocycles. The van der Waals surface area contributed by atoms with E-state index in [1.807, 2.05) is 30.5 Å². The molecule has 3 heteroatoms. The summed E-state index contributed by atoms with van der Waals surface area (Å²) in [5.41, 5.74) is 2.28. The third-order valence-electron chi connectivity index (χ3n) is 3.90. The van der Waals surface area contributed by atoms with Gasteiger partial charge in [-0.15, -0.1) is 0 Å². The summed E-state index contributed by atoms with van der Waals surface area (Å²) >= 11 is 0. The summed E-state index contributed by atoms with van der Waals surface area (Å²) in [7, 11) is 0. The van der Waals surface area contributed by atoms with Crippen LogP contribution >= 0.6 is 0 Å². The average molecular weight is 298 g/mol. The first-order chi connectivity index (χ1) is 10.8. The van der Waals surface area contributed by atoms with Crippen molar-refractivity contribution < 1.29 is 4.74 Å². The maximum atomic E-state index is 6.16. The van der Waals surface area contributed by atoms with E-state index < -0.39 is 0 Å². The minimum absolute atomic E-state index is 0.0131. The molecule has 1 heterocycles. The van der Waals surface area contributed by atoms with Gasteiger partial charge in [-0.1, -0.05) is 50.2 Å². The van der Waals surface area contributed by atoms with Crippen molar-refractivity contribution in [1.29, 1.82) is 0 Å². The van der Waals surface area contributed by atoms with E-state index in [-0.39, 0.29) is 6.10 Å². The van der Waals surface area contributed by atoms with Crippen LogP contribution in [0.25, 0.3) is 0 Å². The Kier molecular flexibility index (Phi) is 7.07. The van der Waals surface area contributed by atoms with Crippen molar-refractivity contribution in [3.05, 3.63) is 66.0 Å². The van der Waals surface area contributed by atoms with E-state index >= 15 is 0 Å². The monoisotopic (exact) mass is 298 g/mol. The van der Waals surface area contributed by atoms with Crippen LogP contribution in [0.1, 0.15) is 31.2 Å². The molecule has 1 atom stereocenters. The third-order valence-corrected chi connectivity index (χ3v) is 3.90. The molecule has 3 nitrogen and oxygen atoms in total. The van der Waals surface area contributed by atoms with E-state index in [0.717, 1.165) is 38.4 Å². The second kappa shape index (κ2) is 9.34. The summed E-state index contributed by atoms with van der Waals surface area (Å²) in [6.07, 6.45) is 2.70. The number of benzene rings is 1. The third kappa shape index (κ3) is 5.24. The fraction of sp³-hybridized carbons (Fsp3) is 0.421. The highest BCUT2D eigenvalue weighted by molar-refractivity contribution is 5.18. The number of likely N-dealkylation sites (N-methyl/N-ethyl adjacent to an activating group) is 1. The summed E-state index contributed by atoms with van der Waals surface area (Å²) in [6, 6.07) is 16.5. The molecule has 118 valence electrons. The summed E-state index contributed by atoms with van der Waals surface area (Å²) in [4.78, 5) is 6.85. The van der Waals surface area contributed by atoms with Crippen molar-refractivity contribution in [1.82, 2.24) is 9.88 Å². The van der Waals surface area contributed by atoms with Crippen LogP contribution in [0.2, 0.25) is 0 Å². The molecule has 0 aliphatic rings. The van der Waals surface area contributed by atoms with Gasteiger partial charge in [-0.2, -0.15) is 0 Å². The van der Waals surface area contributed by atoms with Crippen molar-refractivity contribution >= 4 is 0 Å². The van der Waals surface area contributed by atoms with Gasteiger partial charge >= 0.3 is 0 Å². The number of aromatic nitrogens is 1. The molecule has 1 aromatic carbocycles. The van der Waals surface area contributed by atoms with E-state index in [1.54, 1.807) is 0 Å². The van der Waals surface area contributed by atoms with Crippen molar-refractivity contribution in [2.75, 3.05) is 26.2 Å². The SMILES string of the molecule is CCN(CC)CCOC(Cc1ccccc1)c1ccccn1. The van der Waals surface area contributed by atoms with Crippen molar-refractivity contribution in [3.8, 4) is 0 Å². The Morgan fingerprint density at radius 3 is 2.36 bits per heavy atom. The molecule has 0 aliphatic heterocycles. The predicted molar refractivity (Wildman–Crippen MR) is 90.9 cm³/mol. The number of ether oxygens (including phenoxy) is 1. The predicted octanol–water partition coefficient (Wildman–Crippen LogP) is 3.72. The molecule has 0 amide bonds. The Bertz CT molecular complexity index is 511. The van der Waals surface area contributed by atoms with Crippen LogP contribution in [0, 0.1) is 0 Å². The molecule has 0 bridgehead atoms. The second-order valence-corrected chi connectivity index (χ2v) is 5.33. The zero-order chi connectivity index (χ0) is 15.6. The standard InChI is InChI=1S/C19H26N2O/c1-3-21(4-2)14-15-22-19(18-12-8-9-13-20-18)16-17-10-6-5-7-11-17/h5-13,19H,3-4,14-16H2,1-2H3. The largest absolute Gasteiger partial charge is 0.370 e. The van der Waals surface area contributed by atoms with Gasteiger partial charge in [0, 0.05) is 19.2 Å². The van der Waals surface area contributed by atoms with Crippen LogP contribution < -0.4 is 0 Å². The van der Waals surface area contributed by atoms with E-state index in [0.29, 0.717) is 0 Å². The highest BCUT2D eigenvalue weighted by Crippen LogP contribution is 2.20. The Labute approximate surface area is 134 Å². The smallest absolute Gasteiger partial charge is 0.103 e. The Hall–Kier alpha value is -1.71. The molecule has 0 fully saturated rings. The fourth-order valence-electron chi connectivity index (χ4n) is 2.51. The van der Waals surface area contributed by atoms with Crippen LogP contribution in [-0.4, -0.2) is 36.1 Å². The highest BCUT2D eigenvalue weighted by Gasteiger charge is 2.14. The molecule has 0 saturated heterocycles. The quantitative estimate of drug-likeness (QED) is 0.705. The van der Waals surface area contributed by atoms with Gasteiger partial charge in [0.2, 0.25) is 0 Å². The number of rotatable bonds is 9. The first kappa shape index (κ1) is 16.7. The molecule has 22 heavy (non-hydrogen) atoms. The summed E-state index contributed by atoms with van der Waals surface area (Å²) < 4.78 is 6.16. The Morgan fingerprint density at radius 1 is 1.00 bits per heavy atom. The van der Waals surface area contributed by atoms with E-state index in [9.17, 15) is 0 Å². The first-order valence-electron chi connectivity index (χ1n) is 8.12. The first-order valence-corrected chi connectivity index (χ1v) is 8.12. The minimum Gasteiger partial charge on any atom is -0.370 e. The lowest BCUT2D eigenvalue weighted by Crippen LogP contribution is -2.28. The second-order valence-electron chi connectivity index (χ2n) is 5.33. The summed E-state index contributed by atoms with van der Waals surface area (Å²) in [5, 5.41) is 0. The fourth-order valence-corrected chi connectivity index (χ4v) is 2.51. The van der Waals surface area contributed by atoms with Gasteiger partial charge in [0.05, 0.1) is 12.3 Å². The van der Waals surface area contributed by atoms with E-state index in [2.05, 4.69) is 48.0 Å². The summed E-state index contributed by atoms with van der Waals surface area (Å²) in [6.45, 7) is 8.19. The zero-order valence-electron chi connectivity index (χ0n) is 13.6. The molecule has 0 aliphatic carbocycles. The van der Waals surface area contributed by atoms with Gasteiger partial charge in [-0.3, -0.25) is 4.98 Å². The summed E-state index contributed by atoms with van der Waals surface area (Å²) in [5.74, 6) is 0. The Morgan fingerprint density at radius 2 is 1.73 bits per heavy atom. The molecule has 2 aromatic rings. The lowest BCUT2D eigenvalue weighted by molar-refractivity contribution is 0.0357. The van der Waals surface area contributed by atoms with Crippen LogP contribution in [0.3, 0.4) is 0 Å². The van der Waals surface area contributed by atoms with Gasteiger partial charge in [0.1, 0.15) is 6.10 Å². The van der Waals surface area contributed by atoms with Gasteiger partial charge in [0.25, 0.3) is 0 Å². The molecule has 2 rings (SSSR count). The van der Waals surface area contributed by atoms with Crippen molar-refractivity contribution in [3.63, 3.8) is 0 Å². The van der Waals surface area contributed by atoms with Gasteiger partial charge in [-0.25, -0.2) is 0 Å². The molecule has 0 spiro atoms. The molecular formula is C19H26N2O. The van der Waals surface area contributed by atoms with Gasteiger partial charge in [0.15, 0.2) is 0 Å². The number of nitrogens with zero attached hydrogens (tertiary/aromatic N) is 2. The lowest BCUT2D eigenvalue weighted by Gasteiger charge is -2.22. The molecule has 0 radical (unpaired) electrons. The number of pyridine rings is 1. The van der Waals surface area contributed by atoms with Crippen LogP contribution in [0.4, 0.5) is 0 Å². The topological polar surface area (TPSA) is 25.4 Å². The van der Waals surface area contributed by atoms with Crippen LogP contribution in [0.15, 0.2) is 54.7 Å². The molecular weight excluding hydrogens is 272 g/mol. The van der Waals surface area contributed by atoms with Crippen LogP contribution in [0.5, 0.6) is 0 Å². The van der Waals surface area contributed by atoms with E-state index in [1.165, 1.54) is 5.56 Å². The van der Waals surface area contributed by atoms with Gasteiger partial charge < -0.3 is 9.64 Å². The molecule has 1 unspecified atom stereocenters. The average Bonchev–Trinajstić information content (AvgIpc) is 2.59. The van der Waals surface area contributed by atoms with Crippen LogP contribution in [-0.2, 0) is 11.2 Å². The highest BCUT2D eigenvalue weighted by atomic mass is 16.5. The molecule has 0 saturated carbocycles. The Balaban J connectivity index is 1.99. The normalized spacial score (nSPS) is 12.5. The van der Waals surface area contributed by atoms with E-state index in [4.69, 9.17) is 4.74 Å².